The minimum absolute atomic E-state index is 0.221. The van der Waals surface area contributed by atoms with Crippen LogP contribution in [0.2, 0.25) is 0 Å². The van der Waals surface area contributed by atoms with Crippen molar-refractivity contribution in [3.05, 3.63) is 28.8 Å². The molecule has 17 heavy (non-hydrogen) atoms. The van der Waals surface area contributed by atoms with Gasteiger partial charge in [-0.1, -0.05) is 20.8 Å². The number of aromatic carboxylic acids is 1. The number of carboxylic acid groups (broad SMARTS) is 1. The quantitative estimate of drug-likeness (QED) is 0.832. The van der Waals surface area contributed by atoms with Crippen LogP contribution in [0.15, 0.2) is 17.0 Å². The molecule has 0 radical (unpaired) electrons. The summed E-state index contributed by atoms with van der Waals surface area (Å²) in [5.74, 6) is -0.168. The molecule has 3 nitrogen and oxygen atoms in total. The molecule has 1 N–H and O–H groups in total. The highest BCUT2D eigenvalue weighted by Gasteiger charge is 2.13. The van der Waals surface area contributed by atoms with E-state index in [9.17, 15) is 4.79 Å². The molecular formula is C13H17NO2S. The van der Waals surface area contributed by atoms with Crippen molar-refractivity contribution in [3.8, 4) is 6.07 Å². The number of nitrogens with zero attached hydrogens (tertiary/aromatic N) is 1. The molecule has 0 saturated carbocycles. The van der Waals surface area contributed by atoms with Crippen LogP contribution < -0.4 is 0 Å². The van der Waals surface area contributed by atoms with E-state index in [1.165, 1.54) is 17.8 Å². The van der Waals surface area contributed by atoms with Crippen molar-refractivity contribution in [2.75, 3.05) is 5.75 Å². The van der Waals surface area contributed by atoms with E-state index < -0.39 is 5.97 Å². The Hall–Kier alpha value is -1.47. The van der Waals surface area contributed by atoms with Crippen LogP contribution in [0.25, 0.3) is 0 Å². The average molecular weight is 251 g/mol. The Kier molecular flexibility index (Phi) is 7.08. The second-order valence-electron chi connectivity index (χ2n) is 3.02. The number of nitriles is 1. The van der Waals surface area contributed by atoms with E-state index >= 15 is 0 Å². The highest BCUT2D eigenvalue weighted by molar-refractivity contribution is 7.99. The minimum Gasteiger partial charge on any atom is -0.478 e. The minimum atomic E-state index is -0.980. The second kappa shape index (κ2) is 7.75. The number of carbonyl (C=O) groups is 1. The third kappa shape index (κ3) is 4.12. The molecule has 0 bridgehead atoms. The lowest BCUT2D eigenvalue weighted by Crippen LogP contribution is -2.01. The van der Waals surface area contributed by atoms with Crippen LogP contribution in [-0.4, -0.2) is 16.8 Å². The molecule has 4 heteroatoms. The van der Waals surface area contributed by atoms with E-state index in [-0.39, 0.29) is 5.56 Å². The summed E-state index contributed by atoms with van der Waals surface area (Å²) >= 11 is 1.49. The topological polar surface area (TPSA) is 61.1 Å². The summed E-state index contributed by atoms with van der Waals surface area (Å²) in [5, 5.41) is 17.8. The van der Waals surface area contributed by atoms with Gasteiger partial charge in [0.25, 0.3) is 0 Å². The molecule has 1 aromatic carbocycles. The van der Waals surface area contributed by atoms with E-state index in [2.05, 4.69) is 0 Å². The van der Waals surface area contributed by atoms with Crippen LogP contribution >= 0.6 is 11.8 Å². The Balaban J connectivity index is 0.00000121. The van der Waals surface area contributed by atoms with Gasteiger partial charge in [-0.05, 0) is 30.4 Å². The number of aryl methyl sites for hydroxylation is 1. The molecule has 1 aromatic rings. The van der Waals surface area contributed by atoms with Gasteiger partial charge < -0.3 is 5.11 Å². The fourth-order valence-electron chi connectivity index (χ4n) is 1.33. The Morgan fingerprint density at radius 3 is 2.47 bits per heavy atom. The molecule has 0 spiro atoms. The fourth-order valence-corrected chi connectivity index (χ4v) is 2.21. The zero-order valence-corrected chi connectivity index (χ0v) is 11.4. The Bertz CT molecular complexity index is 436. The number of rotatable bonds is 3. The molecule has 0 heterocycles. The first-order valence-electron chi connectivity index (χ1n) is 5.51. The zero-order valence-electron chi connectivity index (χ0n) is 10.6. The van der Waals surface area contributed by atoms with Gasteiger partial charge in [0.05, 0.1) is 17.2 Å². The molecular weight excluding hydrogens is 234 g/mol. The van der Waals surface area contributed by atoms with E-state index in [0.717, 1.165) is 16.2 Å². The standard InChI is InChI=1S/C11H11NO2S.C2H6/c1-3-15-10-7(2)4-8(6-12)5-9(10)11(13)14;1-2/h4-5H,3H2,1-2H3,(H,13,14);1-2H3. The van der Waals surface area contributed by atoms with E-state index in [4.69, 9.17) is 10.4 Å². The maximum Gasteiger partial charge on any atom is 0.336 e. The number of benzene rings is 1. The van der Waals surface area contributed by atoms with Crippen molar-refractivity contribution in [2.24, 2.45) is 0 Å². The lowest BCUT2D eigenvalue weighted by atomic mass is 10.1. The molecule has 92 valence electrons. The summed E-state index contributed by atoms with van der Waals surface area (Å²) in [6.07, 6.45) is 0. The zero-order chi connectivity index (χ0) is 13.4. The third-order valence-corrected chi connectivity index (χ3v) is 3.04. The summed E-state index contributed by atoms with van der Waals surface area (Å²) in [4.78, 5) is 11.7. The lowest BCUT2D eigenvalue weighted by molar-refractivity contribution is 0.0693. The Morgan fingerprint density at radius 2 is 2.06 bits per heavy atom. The molecule has 0 aromatic heterocycles. The van der Waals surface area contributed by atoms with Crippen molar-refractivity contribution in [1.82, 2.24) is 0 Å². The van der Waals surface area contributed by atoms with Crippen LogP contribution in [0, 0.1) is 18.3 Å². The normalized spacial score (nSPS) is 8.88. The number of hydrogen-bond acceptors (Lipinski definition) is 3. The molecule has 0 fully saturated rings. The summed E-state index contributed by atoms with van der Waals surface area (Å²) in [5.41, 5.74) is 1.46. The maximum atomic E-state index is 11.0. The predicted molar refractivity (Wildman–Crippen MR) is 70.6 cm³/mol. The molecule has 0 amide bonds. The molecule has 0 aliphatic heterocycles. The molecule has 0 saturated heterocycles. The molecule has 1 rings (SSSR count). The number of carboxylic acids is 1. The van der Waals surface area contributed by atoms with E-state index in [0.29, 0.717) is 5.56 Å². The molecule has 0 aliphatic rings. The van der Waals surface area contributed by atoms with Gasteiger partial charge in [0, 0.05) is 4.90 Å². The van der Waals surface area contributed by atoms with E-state index in [1.807, 2.05) is 33.8 Å². The highest BCUT2D eigenvalue weighted by Crippen LogP contribution is 2.27. The van der Waals surface area contributed by atoms with Crippen LogP contribution in [-0.2, 0) is 0 Å². The SMILES string of the molecule is CC.CCSc1c(C)cc(C#N)cc1C(=O)O. The molecule has 0 aliphatic carbocycles. The van der Waals surface area contributed by atoms with E-state index in [1.54, 1.807) is 6.07 Å². The van der Waals surface area contributed by atoms with Crippen molar-refractivity contribution in [3.63, 3.8) is 0 Å². The third-order valence-electron chi connectivity index (χ3n) is 1.92. The van der Waals surface area contributed by atoms with Gasteiger partial charge in [0.2, 0.25) is 0 Å². The number of hydrogen-bond donors (Lipinski definition) is 1. The van der Waals surface area contributed by atoms with Gasteiger partial charge in [0.1, 0.15) is 0 Å². The summed E-state index contributed by atoms with van der Waals surface area (Å²) < 4.78 is 0. The Morgan fingerprint density at radius 1 is 1.47 bits per heavy atom. The van der Waals surface area contributed by atoms with Crippen molar-refractivity contribution in [1.29, 1.82) is 5.26 Å². The van der Waals surface area contributed by atoms with Crippen molar-refractivity contribution < 1.29 is 9.90 Å². The Labute approximate surface area is 106 Å². The second-order valence-corrected chi connectivity index (χ2v) is 4.29. The van der Waals surface area contributed by atoms with Gasteiger partial charge in [-0.25, -0.2) is 4.79 Å². The van der Waals surface area contributed by atoms with Gasteiger partial charge >= 0.3 is 5.97 Å². The van der Waals surface area contributed by atoms with Crippen LogP contribution in [0.5, 0.6) is 0 Å². The smallest absolute Gasteiger partial charge is 0.336 e. The van der Waals surface area contributed by atoms with Gasteiger partial charge in [0.15, 0.2) is 0 Å². The maximum absolute atomic E-state index is 11.0. The highest BCUT2D eigenvalue weighted by atomic mass is 32.2. The largest absolute Gasteiger partial charge is 0.478 e. The van der Waals surface area contributed by atoms with Crippen LogP contribution in [0.4, 0.5) is 0 Å². The fraction of sp³-hybridized carbons (Fsp3) is 0.385. The first kappa shape index (κ1) is 15.5. The average Bonchev–Trinajstić information content (AvgIpc) is 2.33. The summed E-state index contributed by atoms with van der Waals surface area (Å²) in [7, 11) is 0. The molecule has 0 atom stereocenters. The van der Waals surface area contributed by atoms with Crippen molar-refractivity contribution in [2.45, 2.75) is 32.6 Å². The van der Waals surface area contributed by atoms with Crippen LogP contribution in [0.1, 0.15) is 42.3 Å². The molecule has 0 unspecified atom stereocenters. The van der Waals surface area contributed by atoms with Gasteiger partial charge in [-0.2, -0.15) is 5.26 Å². The first-order chi connectivity index (χ1) is 8.10. The first-order valence-corrected chi connectivity index (χ1v) is 6.49. The lowest BCUT2D eigenvalue weighted by Gasteiger charge is -2.08. The predicted octanol–water partition coefficient (Wildman–Crippen LogP) is 3.70. The van der Waals surface area contributed by atoms with Crippen LogP contribution in [0.3, 0.4) is 0 Å². The number of thioether (sulfide) groups is 1. The summed E-state index contributed by atoms with van der Waals surface area (Å²) in [6, 6.07) is 5.10. The van der Waals surface area contributed by atoms with Gasteiger partial charge in [-0.15, -0.1) is 11.8 Å². The van der Waals surface area contributed by atoms with Gasteiger partial charge in [-0.3, -0.25) is 0 Å². The monoisotopic (exact) mass is 251 g/mol. The summed E-state index contributed by atoms with van der Waals surface area (Å²) in [6.45, 7) is 7.79. The van der Waals surface area contributed by atoms with Crippen molar-refractivity contribution >= 4 is 17.7 Å².